The Morgan fingerprint density at radius 3 is 0.765 bits per heavy atom. The predicted molar refractivity (Wildman–Crippen MR) is 73.2 cm³/mol. The molecule has 0 aromatic rings. The third-order valence-corrected chi connectivity index (χ3v) is 1.54. The maximum atomic E-state index is 8.07. The van der Waals surface area contributed by atoms with Crippen LogP contribution in [0.2, 0.25) is 0 Å². The second kappa shape index (κ2) is 43.6. The molecule has 0 aliphatic carbocycles. The van der Waals surface area contributed by atoms with Gasteiger partial charge >= 0.3 is 0 Å². The van der Waals surface area contributed by atoms with Crippen LogP contribution in [0.1, 0.15) is 59.3 Å². The standard InChI is InChI=1S/3C4H10O.ClH.Ti/c3*1-2-3-4-5;;/h3*5H,2-4H2,1H3;1H;. The number of hydrogen-bond acceptors (Lipinski definition) is 3. The second-order valence-corrected chi connectivity index (χ2v) is 3.23. The fourth-order valence-corrected chi connectivity index (χ4v) is 0.474. The van der Waals surface area contributed by atoms with Gasteiger partial charge < -0.3 is 15.3 Å². The summed E-state index contributed by atoms with van der Waals surface area (Å²) in [6.07, 6.45) is 6.11. The molecule has 0 aromatic heterocycles. The molecule has 0 rings (SSSR count). The Labute approximate surface area is 128 Å². The molecule has 0 amide bonds. The smallest absolute Gasteiger partial charge is 0.0430 e. The van der Waals surface area contributed by atoms with E-state index in [9.17, 15) is 0 Å². The van der Waals surface area contributed by atoms with Crippen LogP contribution < -0.4 is 0 Å². The number of unbranched alkanes of at least 4 members (excludes halogenated alkanes) is 3. The molecule has 108 valence electrons. The van der Waals surface area contributed by atoms with Gasteiger partial charge in [-0.25, -0.2) is 0 Å². The van der Waals surface area contributed by atoms with Gasteiger partial charge in [-0.3, -0.25) is 0 Å². The van der Waals surface area contributed by atoms with Gasteiger partial charge in [-0.2, -0.15) is 0 Å². The van der Waals surface area contributed by atoms with E-state index < -0.39 is 0 Å². The van der Waals surface area contributed by atoms with Gasteiger partial charge in [-0.1, -0.05) is 40.0 Å². The van der Waals surface area contributed by atoms with Crippen LogP contribution in [0.5, 0.6) is 0 Å². The first kappa shape index (κ1) is 30.7. The van der Waals surface area contributed by atoms with E-state index >= 15 is 0 Å². The Morgan fingerprint density at radius 1 is 0.588 bits per heavy atom. The molecule has 0 saturated heterocycles. The van der Waals surface area contributed by atoms with Crippen LogP contribution in [0, 0.1) is 0 Å². The summed E-state index contributed by atoms with van der Waals surface area (Å²) < 4.78 is 0. The van der Waals surface area contributed by atoms with Crippen molar-refractivity contribution in [3.05, 3.63) is 0 Å². The second-order valence-electron chi connectivity index (χ2n) is 3.23. The summed E-state index contributed by atoms with van der Waals surface area (Å²) in [5, 5.41) is 24.2. The van der Waals surface area contributed by atoms with Crippen LogP contribution in [-0.4, -0.2) is 35.1 Å². The molecule has 0 aromatic carbocycles. The van der Waals surface area contributed by atoms with E-state index in [0.29, 0.717) is 19.8 Å². The molecule has 0 fully saturated rings. The van der Waals surface area contributed by atoms with E-state index in [4.69, 9.17) is 15.3 Å². The molecule has 0 unspecified atom stereocenters. The van der Waals surface area contributed by atoms with Gasteiger partial charge in [-0.05, 0) is 19.3 Å². The fourth-order valence-electron chi connectivity index (χ4n) is 0.474. The number of halogens is 1. The first-order valence-corrected chi connectivity index (χ1v) is 6.07. The van der Waals surface area contributed by atoms with Crippen molar-refractivity contribution in [2.24, 2.45) is 0 Å². The van der Waals surface area contributed by atoms with Crippen LogP contribution in [0.4, 0.5) is 0 Å². The number of aliphatic hydroxyl groups excluding tert-OH is 3. The van der Waals surface area contributed by atoms with E-state index in [1.807, 2.05) is 0 Å². The molecule has 5 heteroatoms. The minimum atomic E-state index is 0. The van der Waals surface area contributed by atoms with Crippen LogP contribution in [0.25, 0.3) is 0 Å². The minimum Gasteiger partial charge on any atom is -0.396 e. The van der Waals surface area contributed by atoms with Crippen molar-refractivity contribution >= 4 is 12.4 Å². The van der Waals surface area contributed by atoms with E-state index in [-0.39, 0.29) is 34.1 Å². The molecule has 0 heterocycles. The van der Waals surface area contributed by atoms with E-state index in [2.05, 4.69) is 20.8 Å². The molecule has 0 radical (unpaired) electrons. The van der Waals surface area contributed by atoms with Crippen molar-refractivity contribution in [3.8, 4) is 0 Å². The molecule has 0 atom stereocenters. The van der Waals surface area contributed by atoms with Crippen molar-refractivity contribution in [1.82, 2.24) is 0 Å². The predicted octanol–water partition coefficient (Wildman–Crippen LogP) is 2.76. The van der Waals surface area contributed by atoms with Crippen LogP contribution in [-0.2, 0) is 21.7 Å². The van der Waals surface area contributed by atoms with Crippen molar-refractivity contribution in [3.63, 3.8) is 0 Å². The maximum Gasteiger partial charge on any atom is 0.0430 e. The summed E-state index contributed by atoms with van der Waals surface area (Å²) >= 11 is 0. The van der Waals surface area contributed by atoms with Crippen LogP contribution >= 0.6 is 12.4 Å². The molecular weight excluding hydrogens is 275 g/mol. The molecule has 0 aliphatic rings. The van der Waals surface area contributed by atoms with Gasteiger partial charge in [0.2, 0.25) is 0 Å². The summed E-state index contributed by atoms with van der Waals surface area (Å²) in [5.74, 6) is 0. The third-order valence-electron chi connectivity index (χ3n) is 1.54. The Balaban J connectivity index is -0.0000000400. The fraction of sp³-hybridized carbons (Fsp3) is 1.00. The molecule has 0 spiro atoms. The summed E-state index contributed by atoms with van der Waals surface area (Å²) in [4.78, 5) is 0. The number of hydrogen-bond donors (Lipinski definition) is 3. The largest absolute Gasteiger partial charge is 0.396 e. The van der Waals surface area contributed by atoms with Crippen molar-refractivity contribution < 1.29 is 37.0 Å². The van der Waals surface area contributed by atoms with Gasteiger partial charge in [0.15, 0.2) is 0 Å². The zero-order chi connectivity index (χ0) is 12.4. The van der Waals surface area contributed by atoms with Crippen molar-refractivity contribution in [1.29, 1.82) is 0 Å². The summed E-state index contributed by atoms with van der Waals surface area (Å²) in [6, 6.07) is 0. The monoisotopic (exact) mass is 306 g/mol. The van der Waals surface area contributed by atoms with Gasteiger partial charge in [0.05, 0.1) is 0 Å². The Bertz CT molecular complexity index is 58.5. The van der Waals surface area contributed by atoms with Gasteiger partial charge in [0.25, 0.3) is 0 Å². The van der Waals surface area contributed by atoms with Gasteiger partial charge in [0, 0.05) is 41.5 Å². The summed E-state index contributed by atoms with van der Waals surface area (Å²) in [6.45, 7) is 7.19. The average Bonchev–Trinajstić information content (AvgIpc) is 2.23. The molecule has 17 heavy (non-hydrogen) atoms. The normalized spacial score (nSPS) is 7.41. The topological polar surface area (TPSA) is 60.7 Å². The third kappa shape index (κ3) is 78.9. The van der Waals surface area contributed by atoms with Crippen LogP contribution in [0.15, 0.2) is 0 Å². The Morgan fingerprint density at radius 2 is 0.765 bits per heavy atom. The Hall–Kier alpha value is 0.884. The summed E-state index contributed by atoms with van der Waals surface area (Å²) in [5.41, 5.74) is 0. The zero-order valence-electron chi connectivity index (χ0n) is 11.6. The van der Waals surface area contributed by atoms with E-state index in [1.165, 1.54) is 0 Å². The van der Waals surface area contributed by atoms with Gasteiger partial charge in [0.1, 0.15) is 0 Å². The molecule has 3 N–H and O–H groups in total. The van der Waals surface area contributed by atoms with E-state index in [0.717, 1.165) is 38.5 Å². The Kier molecular flexibility index (Phi) is 78.8. The van der Waals surface area contributed by atoms with E-state index in [1.54, 1.807) is 0 Å². The zero-order valence-corrected chi connectivity index (χ0v) is 14.0. The SMILES string of the molecule is CCCCO.CCCCO.CCCCO.Cl.[Ti]. The van der Waals surface area contributed by atoms with Crippen molar-refractivity contribution in [2.75, 3.05) is 19.8 Å². The minimum absolute atomic E-state index is 0. The molecule has 0 aliphatic heterocycles. The molecule has 3 nitrogen and oxygen atoms in total. The number of aliphatic hydroxyl groups is 3. The molecule has 0 saturated carbocycles. The van der Waals surface area contributed by atoms with Gasteiger partial charge in [-0.15, -0.1) is 12.4 Å². The van der Waals surface area contributed by atoms with Crippen molar-refractivity contribution in [2.45, 2.75) is 59.3 Å². The molecular formula is C12H31ClO3Ti. The first-order valence-electron chi connectivity index (χ1n) is 6.07. The summed E-state index contributed by atoms with van der Waals surface area (Å²) in [7, 11) is 0. The first-order chi connectivity index (χ1) is 7.24. The molecule has 0 bridgehead atoms. The average molecular weight is 307 g/mol. The number of rotatable bonds is 6. The maximum absolute atomic E-state index is 8.07. The van der Waals surface area contributed by atoms with Crippen LogP contribution in [0.3, 0.4) is 0 Å². The quantitative estimate of drug-likeness (QED) is 0.661.